The van der Waals surface area contributed by atoms with Gasteiger partial charge in [-0.15, -0.1) is 0 Å². The van der Waals surface area contributed by atoms with Crippen LogP contribution < -0.4 is 9.47 Å². The van der Waals surface area contributed by atoms with Crippen LogP contribution in [-0.2, 0) is 0 Å². The normalized spacial score (nSPS) is 12.1. The minimum Gasteiger partial charge on any atom is -0.490 e. The molecule has 0 aliphatic carbocycles. The molecular formula is C19H17ClO2. The predicted octanol–water partition coefficient (Wildman–Crippen LogP) is 5.34. The van der Waals surface area contributed by atoms with Gasteiger partial charge < -0.3 is 9.47 Å². The highest BCUT2D eigenvalue weighted by molar-refractivity contribution is 6.30. The third-order valence-corrected chi connectivity index (χ3v) is 3.61. The van der Waals surface area contributed by atoms with Crippen LogP contribution in [0.5, 0.6) is 11.5 Å². The van der Waals surface area contributed by atoms with Crippen molar-refractivity contribution in [2.45, 2.75) is 13.0 Å². The van der Waals surface area contributed by atoms with Crippen LogP contribution in [0, 0.1) is 0 Å². The fourth-order valence-electron chi connectivity index (χ4n) is 2.25. The van der Waals surface area contributed by atoms with E-state index in [-0.39, 0.29) is 6.10 Å². The molecular weight excluding hydrogens is 296 g/mol. The van der Waals surface area contributed by atoms with Gasteiger partial charge >= 0.3 is 0 Å². The topological polar surface area (TPSA) is 18.5 Å². The van der Waals surface area contributed by atoms with Gasteiger partial charge in [0.2, 0.25) is 0 Å². The van der Waals surface area contributed by atoms with Gasteiger partial charge in [0, 0.05) is 5.02 Å². The zero-order valence-electron chi connectivity index (χ0n) is 12.3. The van der Waals surface area contributed by atoms with E-state index in [0.717, 1.165) is 11.5 Å². The SMILES string of the molecule is CC(COc1ccc(Cl)cc1)Oc1ccc2ccccc2c1. The number of hydrogen-bond donors (Lipinski definition) is 0. The summed E-state index contributed by atoms with van der Waals surface area (Å²) in [5.41, 5.74) is 0. The van der Waals surface area contributed by atoms with Crippen molar-refractivity contribution in [1.82, 2.24) is 0 Å². The predicted molar refractivity (Wildman–Crippen MR) is 91.0 cm³/mol. The molecule has 0 N–H and O–H groups in total. The van der Waals surface area contributed by atoms with Gasteiger partial charge in [-0.3, -0.25) is 0 Å². The lowest BCUT2D eigenvalue weighted by molar-refractivity contribution is 0.143. The fraction of sp³-hybridized carbons (Fsp3) is 0.158. The minimum absolute atomic E-state index is 0.0446. The van der Waals surface area contributed by atoms with Gasteiger partial charge in [-0.2, -0.15) is 0 Å². The van der Waals surface area contributed by atoms with E-state index < -0.39 is 0 Å². The Morgan fingerprint density at radius 3 is 2.32 bits per heavy atom. The summed E-state index contributed by atoms with van der Waals surface area (Å²) in [6.45, 7) is 2.47. The van der Waals surface area contributed by atoms with Crippen LogP contribution in [0.4, 0.5) is 0 Å². The molecule has 0 amide bonds. The first-order valence-electron chi connectivity index (χ1n) is 7.24. The summed E-state index contributed by atoms with van der Waals surface area (Å²) >= 11 is 5.85. The highest BCUT2D eigenvalue weighted by Gasteiger charge is 2.06. The first kappa shape index (κ1) is 14.7. The van der Waals surface area contributed by atoms with Crippen molar-refractivity contribution >= 4 is 22.4 Å². The summed E-state index contributed by atoms with van der Waals surface area (Å²) in [5, 5.41) is 3.08. The summed E-state index contributed by atoms with van der Waals surface area (Å²) < 4.78 is 11.6. The van der Waals surface area contributed by atoms with E-state index in [2.05, 4.69) is 18.2 Å². The lowest BCUT2D eigenvalue weighted by Gasteiger charge is -2.16. The van der Waals surface area contributed by atoms with E-state index >= 15 is 0 Å². The Balaban J connectivity index is 1.60. The molecule has 1 atom stereocenters. The smallest absolute Gasteiger partial charge is 0.130 e. The average molecular weight is 313 g/mol. The summed E-state index contributed by atoms with van der Waals surface area (Å²) in [6.07, 6.45) is -0.0446. The number of halogens is 1. The number of benzene rings is 3. The Labute approximate surface area is 135 Å². The second-order valence-corrected chi connectivity index (χ2v) is 5.64. The van der Waals surface area contributed by atoms with Crippen molar-refractivity contribution < 1.29 is 9.47 Å². The second kappa shape index (κ2) is 6.71. The fourth-order valence-corrected chi connectivity index (χ4v) is 2.38. The van der Waals surface area contributed by atoms with Crippen LogP contribution in [0.25, 0.3) is 10.8 Å². The van der Waals surface area contributed by atoms with Crippen molar-refractivity contribution in [2.24, 2.45) is 0 Å². The molecule has 0 aliphatic heterocycles. The molecule has 2 nitrogen and oxygen atoms in total. The van der Waals surface area contributed by atoms with E-state index in [9.17, 15) is 0 Å². The molecule has 0 spiro atoms. The zero-order valence-corrected chi connectivity index (χ0v) is 13.1. The number of fused-ring (bicyclic) bond motifs is 1. The minimum atomic E-state index is -0.0446. The maximum atomic E-state index is 5.92. The first-order chi connectivity index (χ1) is 10.7. The largest absolute Gasteiger partial charge is 0.490 e. The van der Waals surface area contributed by atoms with E-state index in [0.29, 0.717) is 11.6 Å². The van der Waals surface area contributed by atoms with Crippen molar-refractivity contribution in [1.29, 1.82) is 0 Å². The Morgan fingerprint density at radius 1 is 0.864 bits per heavy atom. The van der Waals surface area contributed by atoms with Gasteiger partial charge in [0.15, 0.2) is 0 Å². The van der Waals surface area contributed by atoms with Crippen molar-refractivity contribution in [3.05, 3.63) is 71.8 Å². The molecule has 0 heterocycles. The first-order valence-corrected chi connectivity index (χ1v) is 7.62. The number of hydrogen-bond acceptors (Lipinski definition) is 2. The van der Waals surface area contributed by atoms with Crippen LogP contribution in [0.1, 0.15) is 6.92 Å². The van der Waals surface area contributed by atoms with Crippen LogP contribution in [0.2, 0.25) is 5.02 Å². The van der Waals surface area contributed by atoms with Crippen LogP contribution >= 0.6 is 11.6 Å². The Morgan fingerprint density at radius 2 is 1.55 bits per heavy atom. The molecule has 0 aliphatic rings. The average Bonchev–Trinajstić information content (AvgIpc) is 2.54. The summed E-state index contributed by atoms with van der Waals surface area (Å²) in [4.78, 5) is 0. The Bertz CT molecular complexity index is 753. The molecule has 112 valence electrons. The van der Waals surface area contributed by atoms with Crippen LogP contribution in [0.3, 0.4) is 0 Å². The summed E-state index contributed by atoms with van der Waals surface area (Å²) in [6, 6.07) is 21.7. The highest BCUT2D eigenvalue weighted by Crippen LogP contribution is 2.22. The van der Waals surface area contributed by atoms with E-state index in [4.69, 9.17) is 21.1 Å². The number of rotatable bonds is 5. The van der Waals surface area contributed by atoms with Gasteiger partial charge in [0.25, 0.3) is 0 Å². The van der Waals surface area contributed by atoms with Gasteiger partial charge in [-0.1, -0.05) is 41.9 Å². The molecule has 0 saturated carbocycles. The molecule has 3 heteroatoms. The third kappa shape index (κ3) is 3.71. The van der Waals surface area contributed by atoms with E-state index in [1.54, 1.807) is 0 Å². The molecule has 0 fully saturated rings. The van der Waals surface area contributed by atoms with Gasteiger partial charge in [-0.05, 0) is 54.1 Å². The maximum absolute atomic E-state index is 5.92. The molecule has 0 aromatic heterocycles. The molecule has 22 heavy (non-hydrogen) atoms. The summed E-state index contributed by atoms with van der Waals surface area (Å²) in [5.74, 6) is 1.64. The summed E-state index contributed by atoms with van der Waals surface area (Å²) in [7, 11) is 0. The molecule has 1 unspecified atom stereocenters. The van der Waals surface area contributed by atoms with E-state index in [1.807, 2.05) is 55.5 Å². The van der Waals surface area contributed by atoms with Gasteiger partial charge in [0.05, 0.1) is 0 Å². The van der Waals surface area contributed by atoms with Gasteiger partial charge in [-0.25, -0.2) is 0 Å². The molecule has 0 bridgehead atoms. The molecule has 3 aromatic carbocycles. The lowest BCUT2D eigenvalue weighted by Crippen LogP contribution is -2.21. The zero-order chi connectivity index (χ0) is 15.4. The van der Waals surface area contributed by atoms with Crippen molar-refractivity contribution in [3.8, 4) is 11.5 Å². The second-order valence-electron chi connectivity index (χ2n) is 5.20. The van der Waals surface area contributed by atoms with Crippen LogP contribution in [0.15, 0.2) is 66.7 Å². The molecule has 0 radical (unpaired) electrons. The quantitative estimate of drug-likeness (QED) is 0.633. The molecule has 3 rings (SSSR count). The van der Waals surface area contributed by atoms with Gasteiger partial charge in [0.1, 0.15) is 24.2 Å². The standard InChI is InChI=1S/C19H17ClO2/c1-14(13-21-18-10-7-17(20)8-11-18)22-19-9-6-15-4-2-3-5-16(15)12-19/h2-12,14H,13H2,1H3. The molecule has 3 aromatic rings. The van der Waals surface area contributed by atoms with Crippen LogP contribution in [-0.4, -0.2) is 12.7 Å². The van der Waals surface area contributed by atoms with E-state index in [1.165, 1.54) is 10.8 Å². The van der Waals surface area contributed by atoms with Crippen molar-refractivity contribution in [2.75, 3.05) is 6.61 Å². The Kier molecular flexibility index (Phi) is 4.50. The van der Waals surface area contributed by atoms with Crippen molar-refractivity contribution in [3.63, 3.8) is 0 Å². The lowest BCUT2D eigenvalue weighted by atomic mass is 10.1. The third-order valence-electron chi connectivity index (χ3n) is 3.36. The maximum Gasteiger partial charge on any atom is 0.130 e. The monoisotopic (exact) mass is 312 g/mol. The number of ether oxygens (including phenoxy) is 2. The highest BCUT2D eigenvalue weighted by atomic mass is 35.5. The molecule has 0 saturated heterocycles. The Hall–Kier alpha value is -2.19.